The Labute approximate surface area is 198 Å². The van der Waals surface area contributed by atoms with Gasteiger partial charge in [-0.1, -0.05) is 12.1 Å². The number of phenols is 1. The number of nitrogens with one attached hydrogen (secondary N) is 1. The summed E-state index contributed by atoms with van der Waals surface area (Å²) < 4.78 is 45.7. The van der Waals surface area contributed by atoms with E-state index in [4.69, 9.17) is 10.5 Å². The molecule has 11 heteroatoms. The summed E-state index contributed by atoms with van der Waals surface area (Å²) in [6, 6.07) is 17.8. The molecular formula is C24H21F3N4O4. The van der Waals surface area contributed by atoms with E-state index in [1.807, 2.05) is 0 Å². The average Bonchev–Trinajstić information content (AvgIpc) is 2.80. The van der Waals surface area contributed by atoms with Crippen molar-refractivity contribution in [2.45, 2.75) is 19.4 Å². The minimum Gasteiger partial charge on any atom is -0.508 e. The lowest BCUT2D eigenvalue weighted by Crippen LogP contribution is -2.17. The van der Waals surface area contributed by atoms with E-state index in [1.165, 1.54) is 30.6 Å². The maximum absolute atomic E-state index is 12.2. The molecule has 35 heavy (non-hydrogen) atoms. The standard InChI is InChI=1S/C24H21F3N4O4/c1-15(16-4-10-20(32)11-5-16)34-23(33)31-19-6-2-17(3-7-19)22(28)30-14-29-18-8-12-21(13-9-18)35-24(25,26)27/h2-15,32H,1H3,(H,31,33)(H2,28,29,30). The molecule has 3 rings (SSSR count). The Balaban J connectivity index is 1.53. The van der Waals surface area contributed by atoms with Crippen LogP contribution in [0, 0.1) is 0 Å². The van der Waals surface area contributed by atoms with Crippen molar-refractivity contribution in [1.82, 2.24) is 0 Å². The Morgan fingerprint density at radius 3 is 2.26 bits per heavy atom. The number of phenolic OH excluding ortho intramolecular Hbond substituents is 1. The van der Waals surface area contributed by atoms with Gasteiger partial charge in [0.1, 0.15) is 29.8 Å². The van der Waals surface area contributed by atoms with Gasteiger partial charge in [0, 0.05) is 11.3 Å². The highest BCUT2D eigenvalue weighted by Crippen LogP contribution is 2.25. The van der Waals surface area contributed by atoms with Crippen molar-refractivity contribution in [1.29, 1.82) is 0 Å². The Morgan fingerprint density at radius 1 is 1.03 bits per heavy atom. The van der Waals surface area contributed by atoms with Crippen LogP contribution in [0.15, 0.2) is 82.8 Å². The molecule has 182 valence electrons. The lowest BCUT2D eigenvalue weighted by Gasteiger charge is -2.14. The first kappa shape index (κ1) is 25.1. The van der Waals surface area contributed by atoms with Crippen LogP contribution in [0.5, 0.6) is 11.5 Å². The van der Waals surface area contributed by atoms with Gasteiger partial charge >= 0.3 is 12.5 Å². The SMILES string of the molecule is CC(OC(=O)Nc1ccc(C(N)=NC=Nc2ccc(OC(F)(F)F)cc2)cc1)c1ccc(O)cc1. The summed E-state index contributed by atoms with van der Waals surface area (Å²) in [7, 11) is 0. The number of amidine groups is 1. The van der Waals surface area contributed by atoms with Crippen molar-refractivity contribution in [2.75, 3.05) is 5.32 Å². The van der Waals surface area contributed by atoms with E-state index in [-0.39, 0.29) is 17.3 Å². The van der Waals surface area contributed by atoms with Gasteiger partial charge in [0.05, 0.1) is 5.69 Å². The van der Waals surface area contributed by atoms with Crippen LogP contribution in [0.3, 0.4) is 0 Å². The summed E-state index contributed by atoms with van der Waals surface area (Å²) in [5.41, 5.74) is 8.04. The van der Waals surface area contributed by atoms with E-state index in [9.17, 15) is 23.1 Å². The Bertz CT molecular complexity index is 1190. The lowest BCUT2D eigenvalue weighted by molar-refractivity contribution is -0.274. The van der Waals surface area contributed by atoms with Crippen LogP contribution in [0.25, 0.3) is 0 Å². The van der Waals surface area contributed by atoms with Gasteiger partial charge in [-0.15, -0.1) is 13.2 Å². The highest BCUT2D eigenvalue weighted by molar-refractivity contribution is 6.01. The molecule has 0 heterocycles. The van der Waals surface area contributed by atoms with Crippen molar-refractivity contribution in [2.24, 2.45) is 15.7 Å². The minimum atomic E-state index is -4.76. The van der Waals surface area contributed by atoms with Crippen molar-refractivity contribution in [3.05, 3.63) is 83.9 Å². The second-order valence-corrected chi connectivity index (χ2v) is 7.14. The van der Waals surface area contributed by atoms with Gasteiger partial charge in [0.2, 0.25) is 0 Å². The molecule has 0 saturated carbocycles. The smallest absolute Gasteiger partial charge is 0.508 e. The van der Waals surface area contributed by atoms with Gasteiger partial charge in [-0.3, -0.25) is 5.32 Å². The summed E-state index contributed by atoms with van der Waals surface area (Å²) in [6.45, 7) is 1.71. The van der Waals surface area contributed by atoms with Gasteiger partial charge in [0.25, 0.3) is 0 Å². The summed E-state index contributed by atoms with van der Waals surface area (Å²) in [5, 5.41) is 11.9. The molecule has 8 nitrogen and oxygen atoms in total. The second-order valence-electron chi connectivity index (χ2n) is 7.14. The number of carbonyl (C=O) groups is 1. The third-order valence-electron chi connectivity index (χ3n) is 4.55. The monoisotopic (exact) mass is 486 g/mol. The Kier molecular flexibility index (Phi) is 7.92. The maximum atomic E-state index is 12.2. The van der Waals surface area contributed by atoms with Crippen molar-refractivity contribution >= 4 is 29.6 Å². The molecular weight excluding hydrogens is 465 g/mol. The number of aromatic hydroxyl groups is 1. The summed E-state index contributed by atoms with van der Waals surface area (Å²) >= 11 is 0. The normalized spacial score (nSPS) is 12.9. The highest BCUT2D eigenvalue weighted by Gasteiger charge is 2.30. The van der Waals surface area contributed by atoms with Crippen LogP contribution in [0.1, 0.15) is 24.2 Å². The van der Waals surface area contributed by atoms with Gasteiger partial charge in [-0.25, -0.2) is 14.8 Å². The molecule has 3 aromatic carbocycles. The highest BCUT2D eigenvalue weighted by atomic mass is 19.4. The number of amides is 1. The van der Waals surface area contributed by atoms with Crippen molar-refractivity contribution in [3.63, 3.8) is 0 Å². The molecule has 0 aliphatic rings. The number of hydrogen-bond donors (Lipinski definition) is 3. The first-order valence-electron chi connectivity index (χ1n) is 10.2. The van der Waals surface area contributed by atoms with Crippen LogP contribution in [-0.4, -0.2) is 29.7 Å². The molecule has 1 amide bonds. The minimum absolute atomic E-state index is 0.119. The van der Waals surface area contributed by atoms with Crippen molar-refractivity contribution < 1.29 is 32.5 Å². The van der Waals surface area contributed by atoms with E-state index in [0.717, 1.165) is 17.7 Å². The average molecular weight is 486 g/mol. The third kappa shape index (κ3) is 8.07. The fourth-order valence-corrected chi connectivity index (χ4v) is 2.81. The van der Waals surface area contributed by atoms with Gasteiger partial charge in [-0.2, -0.15) is 0 Å². The topological polar surface area (TPSA) is 119 Å². The summed E-state index contributed by atoms with van der Waals surface area (Å²) in [4.78, 5) is 20.1. The number of halogens is 3. The van der Waals surface area contributed by atoms with Crippen LogP contribution in [0.2, 0.25) is 0 Å². The molecule has 0 fully saturated rings. The Morgan fingerprint density at radius 2 is 1.66 bits per heavy atom. The maximum Gasteiger partial charge on any atom is 0.573 e. The zero-order valence-corrected chi connectivity index (χ0v) is 18.4. The van der Waals surface area contributed by atoms with Gasteiger partial charge in [0.15, 0.2) is 0 Å². The molecule has 0 bridgehead atoms. The molecule has 0 aliphatic heterocycles. The summed E-state index contributed by atoms with van der Waals surface area (Å²) in [5.74, 6) is -0.0964. The molecule has 1 atom stereocenters. The van der Waals surface area contributed by atoms with E-state index in [1.54, 1.807) is 43.3 Å². The predicted molar refractivity (Wildman–Crippen MR) is 125 cm³/mol. The first-order valence-corrected chi connectivity index (χ1v) is 10.2. The fraction of sp³-hybridized carbons (Fsp3) is 0.125. The van der Waals surface area contributed by atoms with E-state index in [2.05, 4.69) is 20.0 Å². The number of alkyl halides is 3. The number of anilines is 1. The fourth-order valence-electron chi connectivity index (χ4n) is 2.81. The van der Waals surface area contributed by atoms with Crippen LogP contribution in [0.4, 0.5) is 29.3 Å². The number of nitrogens with zero attached hydrogens (tertiary/aromatic N) is 2. The molecule has 0 saturated heterocycles. The zero-order chi connectivity index (χ0) is 25.4. The molecule has 1 unspecified atom stereocenters. The number of carbonyl (C=O) groups excluding carboxylic acids is 1. The number of rotatable bonds is 7. The zero-order valence-electron chi connectivity index (χ0n) is 18.4. The van der Waals surface area contributed by atoms with Crippen LogP contribution < -0.4 is 15.8 Å². The number of nitrogens with two attached hydrogens (primary N) is 1. The second kappa shape index (κ2) is 11.1. The predicted octanol–water partition coefficient (Wildman–Crippen LogP) is 5.67. The van der Waals surface area contributed by atoms with E-state index < -0.39 is 18.6 Å². The number of ether oxygens (including phenoxy) is 2. The summed E-state index contributed by atoms with van der Waals surface area (Å²) in [6.07, 6.45) is -4.77. The number of aliphatic imine (C=N–C) groups is 2. The lowest BCUT2D eigenvalue weighted by atomic mass is 10.1. The largest absolute Gasteiger partial charge is 0.573 e. The van der Waals surface area contributed by atoms with E-state index >= 15 is 0 Å². The Hall–Kier alpha value is -4.54. The van der Waals surface area contributed by atoms with Crippen LogP contribution in [-0.2, 0) is 4.74 Å². The van der Waals surface area contributed by atoms with Gasteiger partial charge in [-0.05, 0) is 73.2 Å². The molecule has 0 aliphatic carbocycles. The number of benzene rings is 3. The van der Waals surface area contributed by atoms with Crippen LogP contribution >= 0.6 is 0 Å². The third-order valence-corrected chi connectivity index (χ3v) is 4.55. The molecule has 3 aromatic rings. The van der Waals surface area contributed by atoms with E-state index in [0.29, 0.717) is 16.9 Å². The molecule has 4 N–H and O–H groups in total. The van der Waals surface area contributed by atoms with Crippen molar-refractivity contribution in [3.8, 4) is 11.5 Å². The first-order chi connectivity index (χ1) is 16.6. The quantitative estimate of drug-likeness (QED) is 0.294. The molecule has 0 spiro atoms. The number of hydrogen-bond acceptors (Lipinski definition) is 5. The van der Waals surface area contributed by atoms with Gasteiger partial charge < -0.3 is 20.3 Å². The molecule has 0 radical (unpaired) electrons. The molecule has 0 aromatic heterocycles.